The van der Waals surface area contributed by atoms with Crippen molar-refractivity contribution in [3.8, 4) is 11.3 Å². The van der Waals surface area contributed by atoms with Crippen LogP contribution in [-0.4, -0.2) is 27.6 Å². The Bertz CT molecular complexity index is 1440. The Labute approximate surface area is 202 Å². The molecule has 4 rings (SSSR count). The normalized spacial score (nSPS) is 14.6. The standard InChI is InChI=1S/C23H15Cl2N3O6/c1-11-7-20(28(32)33)17(10-19(11)25)21-6-4-14(34-21)9-15-12(2)26-27(22(15)29)13-3-5-18(24)16(8-13)23(30)31/h3-10H,1-2H3,(H,30,31)/b15-9-. The minimum atomic E-state index is -1.23. The number of rotatable bonds is 5. The Morgan fingerprint density at radius 1 is 1.15 bits per heavy atom. The number of carbonyl (C=O) groups is 2. The summed E-state index contributed by atoms with van der Waals surface area (Å²) in [5, 5.41) is 26.4. The van der Waals surface area contributed by atoms with Gasteiger partial charge in [0.15, 0.2) is 0 Å². The van der Waals surface area contributed by atoms with Gasteiger partial charge in [0, 0.05) is 11.1 Å². The number of furan rings is 1. The van der Waals surface area contributed by atoms with Gasteiger partial charge in [-0.25, -0.2) is 4.79 Å². The molecule has 1 N–H and O–H groups in total. The van der Waals surface area contributed by atoms with Gasteiger partial charge in [0.05, 0.1) is 38.0 Å². The number of halogens is 2. The largest absolute Gasteiger partial charge is 0.478 e. The molecule has 0 saturated heterocycles. The third-order valence-electron chi connectivity index (χ3n) is 5.14. The first-order chi connectivity index (χ1) is 16.1. The zero-order valence-electron chi connectivity index (χ0n) is 17.7. The summed E-state index contributed by atoms with van der Waals surface area (Å²) in [6.45, 7) is 3.28. The molecule has 0 fully saturated rings. The molecule has 2 aromatic carbocycles. The van der Waals surface area contributed by atoms with E-state index >= 15 is 0 Å². The first-order valence-electron chi connectivity index (χ1n) is 9.76. The maximum absolute atomic E-state index is 13.0. The highest BCUT2D eigenvalue weighted by molar-refractivity contribution is 6.34. The van der Waals surface area contributed by atoms with Crippen LogP contribution in [0, 0.1) is 17.0 Å². The molecule has 0 spiro atoms. The van der Waals surface area contributed by atoms with Crippen LogP contribution < -0.4 is 5.01 Å². The van der Waals surface area contributed by atoms with Gasteiger partial charge in [-0.15, -0.1) is 0 Å². The Kier molecular flexibility index (Phi) is 5.99. The number of aryl methyl sites for hydroxylation is 1. The number of hydrogen-bond acceptors (Lipinski definition) is 6. The Morgan fingerprint density at radius 2 is 1.88 bits per heavy atom. The Morgan fingerprint density at radius 3 is 2.56 bits per heavy atom. The number of carboxylic acid groups (broad SMARTS) is 1. The lowest BCUT2D eigenvalue weighted by Crippen LogP contribution is -2.21. The molecule has 0 saturated carbocycles. The van der Waals surface area contributed by atoms with E-state index in [9.17, 15) is 24.8 Å². The molecular weight excluding hydrogens is 485 g/mol. The Hall–Kier alpha value is -3.95. The highest BCUT2D eigenvalue weighted by atomic mass is 35.5. The van der Waals surface area contributed by atoms with Gasteiger partial charge in [-0.2, -0.15) is 10.1 Å². The summed E-state index contributed by atoms with van der Waals surface area (Å²) < 4.78 is 5.76. The van der Waals surface area contributed by atoms with Crippen molar-refractivity contribution in [3.63, 3.8) is 0 Å². The molecule has 0 unspecified atom stereocenters. The third kappa shape index (κ3) is 4.18. The number of benzene rings is 2. The minimum Gasteiger partial charge on any atom is -0.478 e. The van der Waals surface area contributed by atoms with E-state index in [0.29, 0.717) is 16.3 Å². The first-order valence-corrected chi connectivity index (χ1v) is 10.5. The van der Waals surface area contributed by atoms with E-state index in [1.54, 1.807) is 26.0 Å². The number of carboxylic acids is 1. The summed E-state index contributed by atoms with van der Waals surface area (Å²) in [4.78, 5) is 35.3. The highest BCUT2D eigenvalue weighted by Gasteiger charge is 2.30. The van der Waals surface area contributed by atoms with Crippen molar-refractivity contribution in [1.82, 2.24) is 0 Å². The fraction of sp³-hybridized carbons (Fsp3) is 0.0870. The van der Waals surface area contributed by atoms with Gasteiger partial charge in [0.2, 0.25) is 0 Å². The molecule has 172 valence electrons. The number of nitrogens with zero attached hydrogens (tertiary/aromatic N) is 3. The van der Waals surface area contributed by atoms with Crippen molar-refractivity contribution in [1.29, 1.82) is 0 Å². The summed E-state index contributed by atoms with van der Waals surface area (Å²) in [6.07, 6.45) is 1.46. The highest BCUT2D eigenvalue weighted by Crippen LogP contribution is 2.36. The molecule has 0 atom stereocenters. The second kappa shape index (κ2) is 8.77. The van der Waals surface area contributed by atoms with Crippen LogP contribution in [0.2, 0.25) is 10.0 Å². The van der Waals surface area contributed by atoms with E-state index in [1.165, 1.54) is 36.4 Å². The fourth-order valence-electron chi connectivity index (χ4n) is 3.40. The lowest BCUT2D eigenvalue weighted by molar-refractivity contribution is -0.384. The molecular formula is C23H15Cl2N3O6. The van der Waals surface area contributed by atoms with Gasteiger partial charge < -0.3 is 9.52 Å². The first kappa shape index (κ1) is 23.2. The van der Waals surface area contributed by atoms with E-state index in [2.05, 4.69) is 5.10 Å². The fourth-order valence-corrected chi connectivity index (χ4v) is 3.76. The molecule has 11 heteroatoms. The SMILES string of the molecule is CC1=NN(c2ccc(Cl)c(C(=O)O)c2)C(=O)/C1=C\c1ccc(-c2cc(Cl)c(C)cc2[N+](=O)[O-])o1. The third-order valence-corrected chi connectivity index (χ3v) is 5.88. The lowest BCUT2D eigenvalue weighted by Gasteiger charge is -2.12. The average Bonchev–Trinajstić information content (AvgIpc) is 3.35. The van der Waals surface area contributed by atoms with Crippen LogP contribution in [0.5, 0.6) is 0 Å². The quantitative estimate of drug-likeness (QED) is 0.261. The van der Waals surface area contributed by atoms with Gasteiger partial charge >= 0.3 is 5.97 Å². The number of hydrogen-bond donors (Lipinski definition) is 1. The topological polar surface area (TPSA) is 126 Å². The summed E-state index contributed by atoms with van der Waals surface area (Å²) in [5.74, 6) is -1.26. The average molecular weight is 500 g/mol. The van der Waals surface area contributed by atoms with Crippen LogP contribution in [0.3, 0.4) is 0 Å². The van der Waals surface area contributed by atoms with Crippen LogP contribution in [0.1, 0.15) is 28.6 Å². The second-order valence-electron chi connectivity index (χ2n) is 7.41. The van der Waals surface area contributed by atoms with Crippen molar-refractivity contribution in [3.05, 3.63) is 85.1 Å². The molecule has 3 aromatic rings. The van der Waals surface area contributed by atoms with Crippen molar-refractivity contribution in [2.24, 2.45) is 5.10 Å². The molecule has 0 bridgehead atoms. The van der Waals surface area contributed by atoms with Gasteiger partial charge in [0.25, 0.3) is 11.6 Å². The predicted octanol–water partition coefficient (Wildman–Crippen LogP) is 5.97. The number of nitro groups is 1. The van der Waals surface area contributed by atoms with Crippen molar-refractivity contribution < 1.29 is 24.0 Å². The molecule has 1 amide bonds. The minimum absolute atomic E-state index is 0.0350. The van der Waals surface area contributed by atoms with Crippen LogP contribution in [0.15, 0.2) is 57.6 Å². The van der Waals surface area contributed by atoms with Crippen molar-refractivity contribution >= 4 is 58.2 Å². The number of nitro benzene ring substituents is 1. The molecule has 1 aromatic heterocycles. The molecule has 1 aliphatic heterocycles. The molecule has 2 heterocycles. The number of amides is 1. The summed E-state index contributed by atoms with van der Waals surface area (Å²) in [5.41, 5.74) is 1.27. The zero-order valence-corrected chi connectivity index (χ0v) is 19.2. The van der Waals surface area contributed by atoms with Crippen molar-refractivity contribution in [2.75, 3.05) is 5.01 Å². The lowest BCUT2D eigenvalue weighted by atomic mass is 10.1. The molecule has 34 heavy (non-hydrogen) atoms. The summed E-state index contributed by atoms with van der Waals surface area (Å²) >= 11 is 12.1. The van der Waals surface area contributed by atoms with Gasteiger partial charge in [-0.05, 0) is 61.9 Å². The van der Waals surface area contributed by atoms with E-state index in [4.69, 9.17) is 27.6 Å². The van der Waals surface area contributed by atoms with Crippen LogP contribution in [0.4, 0.5) is 11.4 Å². The predicted molar refractivity (Wildman–Crippen MR) is 128 cm³/mol. The maximum Gasteiger partial charge on any atom is 0.337 e. The molecule has 1 aliphatic rings. The van der Waals surface area contributed by atoms with Crippen LogP contribution >= 0.6 is 23.2 Å². The summed E-state index contributed by atoms with van der Waals surface area (Å²) in [6, 6.07) is 10.0. The molecule has 0 radical (unpaired) electrons. The number of carbonyl (C=O) groups excluding carboxylic acids is 1. The monoisotopic (exact) mass is 499 g/mol. The number of hydrazone groups is 1. The number of anilines is 1. The van der Waals surface area contributed by atoms with Gasteiger partial charge in [-0.1, -0.05) is 23.2 Å². The van der Waals surface area contributed by atoms with E-state index in [1.807, 2.05) is 0 Å². The van der Waals surface area contributed by atoms with Crippen LogP contribution in [-0.2, 0) is 4.79 Å². The molecule has 0 aliphatic carbocycles. The number of aromatic carboxylic acids is 1. The van der Waals surface area contributed by atoms with E-state index in [0.717, 1.165) is 5.01 Å². The van der Waals surface area contributed by atoms with Crippen molar-refractivity contribution in [2.45, 2.75) is 13.8 Å². The van der Waals surface area contributed by atoms with E-state index < -0.39 is 16.8 Å². The van der Waals surface area contributed by atoms with Gasteiger partial charge in [0.1, 0.15) is 11.5 Å². The van der Waals surface area contributed by atoms with Gasteiger partial charge in [-0.3, -0.25) is 14.9 Å². The zero-order chi connectivity index (χ0) is 24.7. The van der Waals surface area contributed by atoms with Crippen LogP contribution in [0.25, 0.3) is 17.4 Å². The molecule has 9 nitrogen and oxygen atoms in total. The smallest absolute Gasteiger partial charge is 0.337 e. The van der Waals surface area contributed by atoms with E-state index in [-0.39, 0.29) is 44.6 Å². The maximum atomic E-state index is 13.0. The Balaban J connectivity index is 1.68. The second-order valence-corrected chi connectivity index (χ2v) is 8.22. The summed E-state index contributed by atoms with van der Waals surface area (Å²) in [7, 11) is 0.